The number of halogens is 2. The van der Waals surface area contributed by atoms with Crippen LogP contribution in [-0.2, 0) is 9.53 Å². The zero-order valence-electron chi connectivity index (χ0n) is 13.7. The van der Waals surface area contributed by atoms with E-state index in [1.165, 1.54) is 19.1 Å². The quantitative estimate of drug-likeness (QED) is 0.375. The summed E-state index contributed by atoms with van der Waals surface area (Å²) in [7, 11) is 1.55. The molecule has 0 saturated carbocycles. The van der Waals surface area contributed by atoms with Gasteiger partial charge in [0, 0.05) is 26.7 Å². The van der Waals surface area contributed by atoms with E-state index >= 15 is 0 Å². The molecule has 0 radical (unpaired) electrons. The van der Waals surface area contributed by atoms with E-state index in [1.54, 1.807) is 37.5 Å². The molecule has 6 heteroatoms. The lowest BCUT2D eigenvalue weighted by Crippen LogP contribution is -2.23. The van der Waals surface area contributed by atoms with Crippen molar-refractivity contribution in [1.29, 1.82) is 0 Å². The Balaban J connectivity index is 2.04. The fourth-order valence-electron chi connectivity index (χ4n) is 2.14. The molecule has 0 aromatic heterocycles. The minimum Gasteiger partial charge on any atom is -0.496 e. The highest BCUT2D eigenvalue weighted by atomic mass is 79.9. The second-order valence-electron chi connectivity index (χ2n) is 5.17. The number of esters is 1. The number of rotatable bonds is 6. The summed E-state index contributed by atoms with van der Waals surface area (Å²) in [6.07, 6.45) is 1.91. The number of carbonyl (C=O) groups is 2. The van der Waals surface area contributed by atoms with Crippen LogP contribution in [0.5, 0.6) is 5.75 Å². The third-order valence-electron chi connectivity index (χ3n) is 3.36. The van der Waals surface area contributed by atoms with Crippen molar-refractivity contribution in [2.75, 3.05) is 7.11 Å². The Morgan fingerprint density at radius 2 is 1.96 bits per heavy atom. The van der Waals surface area contributed by atoms with E-state index in [2.05, 4.69) is 15.9 Å². The summed E-state index contributed by atoms with van der Waals surface area (Å²) in [5.74, 6) is -0.315. The minimum atomic E-state index is -0.917. The van der Waals surface area contributed by atoms with Crippen molar-refractivity contribution in [2.45, 2.75) is 13.0 Å². The van der Waals surface area contributed by atoms with Gasteiger partial charge in [-0.25, -0.2) is 4.79 Å². The van der Waals surface area contributed by atoms with Crippen LogP contribution < -0.4 is 4.74 Å². The molecule has 2 aromatic carbocycles. The van der Waals surface area contributed by atoms with E-state index in [1.807, 2.05) is 12.1 Å². The molecule has 0 bridgehead atoms. The van der Waals surface area contributed by atoms with E-state index < -0.39 is 12.1 Å². The molecule has 0 saturated heterocycles. The molecule has 0 heterocycles. The van der Waals surface area contributed by atoms with Crippen LogP contribution in [-0.4, -0.2) is 25.0 Å². The molecule has 0 N–H and O–H groups in total. The van der Waals surface area contributed by atoms with Crippen LogP contribution in [0.25, 0.3) is 6.08 Å². The molecule has 2 rings (SSSR count). The van der Waals surface area contributed by atoms with Gasteiger partial charge in [0.15, 0.2) is 6.10 Å². The van der Waals surface area contributed by atoms with Crippen molar-refractivity contribution in [3.8, 4) is 5.75 Å². The molecule has 1 atom stereocenters. The van der Waals surface area contributed by atoms with Gasteiger partial charge in [0.05, 0.1) is 7.11 Å². The lowest BCUT2D eigenvalue weighted by molar-refractivity contribution is -0.140. The highest BCUT2D eigenvalue weighted by molar-refractivity contribution is 9.10. The molecule has 25 heavy (non-hydrogen) atoms. The molecule has 1 unspecified atom stereocenters. The fourth-order valence-corrected chi connectivity index (χ4v) is 2.71. The van der Waals surface area contributed by atoms with Gasteiger partial charge in [0.2, 0.25) is 5.78 Å². The van der Waals surface area contributed by atoms with Gasteiger partial charge in [0.1, 0.15) is 5.75 Å². The van der Waals surface area contributed by atoms with Gasteiger partial charge < -0.3 is 9.47 Å². The third kappa shape index (κ3) is 5.44. The number of benzene rings is 2. The molecule has 0 amide bonds. The summed E-state index contributed by atoms with van der Waals surface area (Å²) in [5, 5.41) is 0.450. The summed E-state index contributed by atoms with van der Waals surface area (Å²) < 4.78 is 11.2. The Bertz CT molecular complexity index is 817. The zero-order chi connectivity index (χ0) is 18.4. The van der Waals surface area contributed by atoms with Crippen molar-refractivity contribution >= 4 is 45.4 Å². The number of ether oxygens (including phenoxy) is 2. The number of ketones is 1. The molecule has 0 aliphatic rings. The molecule has 130 valence electrons. The Morgan fingerprint density at radius 1 is 1.20 bits per heavy atom. The van der Waals surface area contributed by atoms with Gasteiger partial charge in [-0.3, -0.25) is 4.79 Å². The van der Waals surface area contributed by atoms with Crippen LogP contribution in [0, 0.1) is 0 Å². The van der Waals surface area contributed by atoms with E-state index in [0.29, 0.717) is 21.9 Å². The average molecular weight is 424 g/mol. The topological polar surface area (TPSA) is 52.6 Å². The predicted molar refractivity (Wildman–Crippen MR) is 101 cm³/mol. The van der Waals surface area contributed by atoms with E-state index in [-0.39, 0.29) is 5.78 Å². The number of carbonyl (C=O) groups excluding carboxylic acids is 2. The maximum atomic E-state index is 12.3. The highest BCUT2D eigenvalue weighted by Crippen LogP contribution is 2.24. The Kier molecular flexibility index (Phi) is 6.79. The first-order valence-corrected chi connectivity index (χ1v) is 8.60. The van der Waals surface area contributed by atoms with Crippen molar-refractivity contribution in [3.63, 3.8) is 0 Å². The van der Waals surface area contributed by atoms with Crippen LogP contribution in [0.1, 0.15) is 22.8 Å². The first-order valence-electron chi connectivity index (χ1n) is 7.42. The summed E-state index contributed by atoms with van der Waals surface area (Å²) in [5.41, 5.74) is 1.10. The van der Waals surface area contributed by atoms with Gasteiger partial charge in [-0.2, -0.15) is 0 Å². The molecule has 4 nitrogen and oxygen atoms in total. The maximum Gasteiger partial charge on any atom is 0.331 e. The second kappa shape index (κ2) is 8.83. The van der Waals surface area contributed by atoms with Crippen molar-refractivity contribution < 1.29 is 19.1 Å². The highest BCUT2D eigenvalue weighted by Gasteiger charge is 2.18. The van der Waals surface area contributed by atoms with Crippen LogP contribution in [0.15, 0.2) is 53.0 Å². The average Bonchev–Trinajstić information content (AvgIpc) is 2.59. The van der Waals surface area contributed by atoms with Crippen LogP contribution in [0.2, 0.25) is 5.02 Å². The van der Waals surface area contributed by atoms with E-state index in [0.717, 1.165) is 4.47 Å². The molecule has 0 fully saturated rings. The molecule has 0 aliphatic carbocycles. The Morgan fingerprint density at radius 3 is 2.64 bits per heavy atom. The van der Waals surface area contributed by atoms with Gasteiger partial charge in [-0.1, -0.05) is 39.7 Å². The second-order valence-corrected chi connectivity index (χ2v) is 6.53. The summed E-state index contributed by atoms with van der Waals surface area (Å²) >= 11 is 9.23. The fraction of sp³-hybridized carbons (Fsp3) is 0.158. The number of Topliss-reactive ketones (excluding diaryl/α,β-unsaturated/α-hetero) is 1. The number of hydrogen-bond acceptors (Lipinski definition) is 4. The zero-order valence-corrected chi connectivity index (χ0v) is 16.0. The van der Waals surface area contributed by atoms with Gasteiger partial charge >= 0.3 is 5.97 Å². The standard InChI is InChI=1S/C19H16BrClO4/c1-12(19(23)14-4-3-5-16(21)11-14)25-18(22)9-6-13-10-15(20)7-8-17(13)24-2/h3-12H,1-2H3/b9-6+. The first-order chi connectivity index (χ1) is 11.9. The van der Waals surface area contributed by atoms with Crippen molar-refractivity contribution in [2.24, 2.45) is 0 Å². The lowest BCUT2D eigenvalue weighted by Gasteiger charge is -2.11. The number of methoxy groups -OCH3 is 1. The lowest BCUT2D eigenvalue weighted by atomic mass is 10.1. The molecular formula is C19H16BrClO4. The predicted octanol–water partition coefficient (Wildman–Crippen LogP) is 4.94. The van der Waals surface area contributed by atoms with Gasteiger partial charge in [-0.15, -0.1) is 0 Å². The van der Waals surface area contributed by atoms with Crippen molar-refractivity contribution in [3.05, 3.63) is 69.2 Å². The number of hydrogen-bond donors (Lipinski definition) is 0. The smallest absolute Gasteiger partial charge is 0.331 e. The largest absolute Gasteiger partial charge is 0.496 e. The van der Waals surface area contributed by atoms with Gasteiger partial charge in [0.25, 0.3) is 0 Å². The third-order valence-corrected chi connectivity index (χ3v) is 4.09. The van der Waals surface area contributed by atoms with Crippen LogP contribution >= 0.6 is 27.5 Å². The maximum absolute atomic E-state index is 12.3. The monoisotopic (exact) mass is 422 g/mol. The summed E-state index contributed by atoms with van der Waals surface area (Å²) in [6, 6.07) is 11.9. The normalized spacial score (nSPS) is 12.0. The molecule has 0 spiro atoms. The molecule has 0 aliphatic heterocycles. The first kappa shape index (κ1) is 19.2. The summed E-state index contributed by atoms with van der Waals surface area (Å²) in [6.45, 7) is 1.52. The molecule has 2 aromatic rings. The van der Waals surface area contributed by atoms with Crippen LogP contribution in [0.4, 0.5) is 0 Å². The van der Waals surface area contributed by atoms with Gasteiger partial charge in [-0.05, 0) is 43.3 Å². The summed E-state index contributed by atoms with van der Waals surface area (Å²) in [4.78, 5) is 24.2. The Hall–Kier alpha value is -2.11. The van der Waals surface area contributed by atoms with Crippen molar-refractivity contribution in [1.82, 2.24) is 0 Å². The molecular weight excluding hydrogens is 408 g/mol. The Labute approximate surface area is 159 Å². The van der Waals surface area contributed by atoms with E-state index in [9.17, 15) is 9.59 Å². The van der Waals surface area contributed by atoms with E-state index in [4.69, 9.17) is 21.1 Å². The SMILES string of the molecule is COc1ccc(Br)cc1/C=C/C(=O)OC(C)C(=O)c1cccc(Cl)c1. The van der Waals surface area contributed by atoms with Crippen LogP contribution in [0.3, 0.4) is 0 Å². The minimum absolute atomic E-state index is 0.315.